The van der Waals surface area contributed by atoms with E-state index in [9.17, 15) is 0 Å². The molecule has 2 N–H and O–H groups in total. The summed E-state index contributed by atoms with van der Waals surface area (Å²) in [4.78, 5) is 7.05. The monoisotopic (exact) mass is 258 g/mol. The van der Waals surface area contributed by atoms with Crippen LogP contribution in [0.5, 0.6) is 0 Å². The van der Waals surface area contributed by atoms with E-state index in [0.29, 0.717) is 6.54 Å². The van der Waals surface area contributed by atoms with Gasteiger partial charge < -0.3 is 15.0 Å². The predicted octanol–water partition coefficient (Wildman–Crippen LogP) is 2.07. The molecule has 3 rings (SSSR count). The van der Waals surface area contributed by atoms with Crippen molar-refractivity contribution in [3.63, 3.8) is 0 Å². The Balaban J connectivity index is 1.87. The molecule has 1 atom stereocenters. The summed E-state index contributed by atoms with van der Waals surface area (Å²) in [6.07, 6.45) is 7.78. The number of anilines is 1. The van der Waals surface area contributed by atoms with Crippen LogP contribution in [-0.4, -0.2) is 29.0 Å². The molecule has 0 aromatic carbocycles. The average molecular weight is 258 g/mol. The topological polar surface area (TPSA) is 46.6 Å². The molecule has 4 heteroatoms. The summed E-state index contributed by atoms with van der Waals surface area (Å²) in [5, 5.41) is 0. The van der Waals surface area contributed by atoms with Crippen LogP contribution in [0.4, 0.5) is 5.69 Å². The van der Waals surface area contributed by atoms with Gasteiger partial charge in [-0.1, -0.05) is 6.92 Å². The molecular formula is C15H22N4. The molecule has 1 aliphatic heterocycles. The van der Waals surface area contributed by atoms with E-state index in [-0.39, 0.29) is 0 Å². The SMILES string of the molecule is CC1CCCN(c2ccc3nc(CCN)cn3c2)C1. The van der Waals surface area contributed by atoms with Crippen LogP contribution in [0.25, 0.3) is 5.65 Å². The minimum absolute atomic E-state index is 0.653. The number of piperidine rings is 1. The lowest BCUT2D eigenvalue weighted by Crippen LogP contribution is -2.34. The molecule has 0 amide bonds. The highest BCUT2D eigenvalue weighted by atomic mass is 15.1. The van der Waals surface area contributed by atoms with Crippen molar-refractivity contribution >= 4 is 11.3 Å². The Labute approximate surface area is 114 Å². The summed E-state index contributed by atoms with van der Waals surface area (Å²) < 4.78 is 2.12. The van der Waals surface area contributed by atoms with E-state index in [1.54, 1.807) is 0 Å². The fourth-order valence-electron chi connectivity index (χ4n) is 2.91. The molecule has 2 aromatic rings. The highest BCUT2D eigenvalue weighted by Gasteiger charge is 2.17. The van der Waals surface area contributed by atoms with Gasteiger partial charge in [0.1, 0.15) is 5.65 Å². The Morgan fingerprint density at radius 2 is 2.26 bits per heavy atom. The minimum Gasteiger partial charge on any atom is -0.370 e. The maximum Gasteiger partial charge on any atom is 0.137 e. The molecule has 1 unspecified atom stereocenters. The van der Waals surface area contributed by atoms with Crippen molar-refractivity contribution in [2.45, 2.75) is 26.2 Å². The van der Waals surface area contributed by atoms with Gasteiger partial charge in [-0.25, -0.2) is 4.98 Å². The van der Waals surface area contributed by atoms with Crippen LogP contribution in [0.15, 0.2) is 24.5 Å². The third-order valence-electron chi connectivity index (χ3n) is 3.91. The zero-order valence-electron chi connectivity index (χ0n) is 11.5. The van der Waals surface area contributed by atoms with E-state index in [0.717, 1.165) is 30.2 Å². The van der Waals surface area contributed by atoms with Crippen molar-refractivity contribution in [3.8, 4) is 0 Å². The zero-order valence-corrected chi connectivity index (χ0v) is 11.5. The number of pyridine rings is 1. The van der Waals surface area contributed by atoms with Gasteiger partial charge in [0.15, 0.2) is 0 Å². The third kappa shape index (κ3) is 2.59. The summed E-state index contributed by atoms with van der Waals surface area (Å²) in [5.41, 5.74) is 8.98. The summed E-state index contributed by atoms with van der Waals surface area (Å²) in [5.74, 6) is 0.792. The molecule has 1 fully saturated rings. The van der Waals surface area contributed by atoms with Gasteiger partial charge in [0.05, 0.1) is 11.4 Å². The Bertz CT molecular complexity index is 560. The minimum atomic E-state index is 0.653. The van der Waals surface area contributed by atoms with Crippen molar-refractivity contribution in [1.29, 1.82) is 0 Å². The highest BCUT2D eigenvalue weighted by Crippen LogP contribution is 2.23. The quantitative estimate of drug-likeness (QED) is 0.916. The van der Waals surface area contributed by atoms with Gasteiger partial charge in [0.2, 0.25) is 0 Å². The third-order valence-corrected chi connectivity index (χ3v) is 3.91. The van der Waals surface area contributed by atoms with E-state index in [1.165, 1.54) is 25.1 Å². The first-order valence-corrected chi connectivity index (χ1v) is 7.19. The molecule has 0 radical (unpaired) electrons. The molecule has 0 spiro atoms. The summed E-state index contributed by atoms with van der Waals surface area (Å²) in [6, 6.07) is 4.29. The molecular weight excluding hydrogens is 236 g/mol. The Morgan fingerprint density at radius 1 is 1.37 bits per heavy atom. The highest BCUT2D eigenvalue weighted by molar-refractivity contribution is 5.52. The lowest BCUT2D eigenvalue weighted by Gasteiger charge is -2.32. The number of imidazole rings is 1. The van der Waals surface area contributed by atoms with Crippen LogP contribution >= 0.6 is 0 Å². The van der Waals surface area contributed by atoms with Crippen LogP contribution in [0.1, 0.15) is 25.5 Å². The van der Waals surface area contributed by atoms with Crippen LogP contribution < -0.4 is 10.6 Å². The van der Waals surface area contributed by atoms with Gasteiger partial charge in [0.25, 0.3) is 0 Å². The summed E-state index contributed by atoms with van der Waals surface area (Å²) >= 11 is 0. The maximum absolute atomic E-state index is 5.59. The van der Waals surface area contributed by atoms with Gasteiger partial charge in [-0.05, 0) is 37.4 Å². The number of hydrogen-bond donors (Lipinski definition) is 1. The zero-order chi connectivity index (χ0) is 13.2. The first-order chi connectivity index (χ1) is 9.26. The molecule has 1 saturated heterocycles. The fourth-order valence-corrected chi connectivity index (χ4v) is 2.91. The lowest BCUT2D eigenvalue weighted by molar-refractivity contribution is 0.446. The summed E-state index contributed by atoms with van der Waals surface area (Å²) in [6.45, 7) is 5.32. The van der Waals surface area contributed by atoms with E-state index in [1.807, 2.05) is 0 Å². The van der Waals surface area contributed by atoms with Gasteiger partial charge >= 0.3 is 0 Å². The first-order valence-electron chi connectivity index (χ1n) is 7.19. The molecule has 4 nitrogen and oxygen atoms in total. The second-order valence-corrected chi connectivity index (χ2v) is 5.62. The Kier molecular flexibility index (Phi) is 3.42. The van der Waals surface area contributed by atoms with Gasteiger partial charge in [-0.2, -0.15) is 0 Å². The smallest absolute Gasteiger partial charge is 0.137 e. The molecule has 3 heterocycles. The fraction of sp³-hybridized carbons (Fsp3) is 0.533. The van der Waals surface area contributed by atoms with Gasteiger partial charge in [-0.15, -0.1) is 0 Å². The lowest BCUT2D eigenvalue weighted by atomic mass is 10.00. The largest absolute Gasteiger partial charge is 0.370 e. The van der Waals surface area contributed by atoms with E-state index in [2.05, 4.69) is 45.7 Å². The molecule has 1 aliphatic rings. The summed E-state index contributed by atoms with van der Waals surface area (Å²) in [7, 11) is 0. The number of nitrogens with two attached hydrogens (primary N) is 1. The second kappa shape index (κ2) is 5.21. The average Bonchev–Trinajstić information content (AvgIpc) is 2.80. The van der Waals surface area contributed by atoms with Crippen molar-refractivity contribution in [2.24, 2.45) is 11.7 Å². The Morgan fingerprint density at radius 3 is 3.05 bits per heavy atom. The second-order valence-electron chi connectivity index (χ2n) is 5.62. The number of hydrogen-bond acceptors (Lipinski definition) is 3. The van der Waals surface area contributed by atoms with E-state index < -0.39 is 0 Å². The molecule has 0 aliphatic carbocycles. The number of fused-ring (bicyclic) bond motifs is 1. The van der Waals surface area contributed by atoms with Crippen molar-refractivity contribution < 1.29 is 0 Å². The molecule has 0 bridgehead atoms. The van der Waals surface area contributed by atoms with Crippen LogP contribution in [0.2, 0.25) is 0 Å². The van der Waals surface area contributed by atoms with Crippen LogP contribution in [-0.2, 0) is 6.42 Å². The molecule has 102 valence electrons. The Hall–Kier alpha value is -1.55. The molecule has 0 saturated carbocycles. The van der Waals surface area contributed by atoms with Crippen molar-refractivity contribution in [3.05, 3.63) is 30.2 Å². The van der Waals surface area contributed by atoms with Crippen molar-refractivity contribution in [1.82, 2.24) is 9.38 Å². The normalized spacial score (nSPS) is 20.1. The van der Waals surface area contributed by atoms with Gasteiger partial charge in [-0.3, -0.25) is 0 Å². The van der Waals surface area contributed by atoms with E-state index >= 15 is 0 Å². The van der Waals surface area contributed by atoms with Crippen LogP contribution in [0.3, 0.4) is 0 Å². The predicted molar refractivity (Wildman–Crippen MR) is 78.6 cm³/mol. The number of rotatable bonds is 3. The number of nitrogens with zero attached hydrogens (tertiary/aromatic N) is 3. The standard InChI is InChI=1S/C15H22N4/c1-12-3-2-8-18(9-12)14-4-5-15-17-13(6-7-16)10-19(15)11-14/h4-5,10-12H,2-3,6-9,16H2,1H3. The van der Waals surface area contributed by atoms with Crippen molar-refractivity contribution in [2.75, 3.05) is 24.5 Å². The van der Waals surface area contributed by atoms with Crippen LogP contribution in [0, 0.1) is 5.92 Å². The van der Waals surface area contributed by atoms with E-state index in [4.69, 9.17) is 5.73 Å². The van der Waals surface area contributed by atoms with Gasteiger partial charge in [0, 0.05) is 31.9 Å². The molecule has 19 heavy (non-hydrogen) atoms. The maximum atomic E-state index is 5.59. The molecule has 2 aromatic heterocycles. The number of aromatic nitrogens is 2. The first kappa shape index (κ1) is 12.5.